The summed E-state index contributed by atoms with van der Waals surface area (Å²) in [6, 6.07) is 10.9. The molecule has 0 saturated heterocycles. The van der Waals surface area contributed by atoms with E-state index in [2.05, 4.69) is 10.6 Å². The van der Waals surface area contributed by atoms with E-state index in [4.69, 9.17) is 9.47 Å². The van der Waals surface area contributed by atoms with E-state index in [0.29, 0.717) is 16.9 Å². The van der Waals surface area contributed by atoms with Gasteiger partial charge in [0.05, 0.1) is 6.26 Å². The fraction of sp³-hybridized carbons (Fsp3) is 0.333. The van der Waals surface area contributed by atoms with Crippen molar-refractivity contribution in [3.63, 3.8) is 0 Å². The van der Waals surface area contributed by atoms with Gasteiger partial charge in [0.2, 0.25) is 0 Å². The van der Waals surface area contributed by atoms with Crippen LogP contribution in [0.5, 0.6) is 0 Å². The van der Waals surface area contributed by atoms with Crippen LogP contribution in [0.4, 0.5) is 21.0 Å². The fourth-order valence-corrected chi connectivity index (χ4v) is 3.29. The first kappa shape index (κ1) is 22.2. The molecule has 0 radical (unpaired) electrons. The van der Waals surface area contributed by atoms with Gasteiger partial charge in [0.15, 0.2) is 0 Å². The van der Waals surface area contributed by atoms with Gasteiger partial charge in [-0.15, -0.1) is 0 Å². The number of hydrogen-bond acceptors (Lipinski definition) is 5. The van der Waals surface area contributed by atoms with Crippen LogP contribution in [0.3, 0.4) is 0 Å². The second kappa shape index (κ2) is 7.98. The Bertz CT molecular complexity index is 977. The Hall–Kier alpha value is -3.48. The van der Waals surface area contributed by atoms with Crippen molar-refractivity contribution in [1.82, 2.24) is 0 Å². The highest BCUT2D eigenvalue weighted by Crippen LogP contribution is 2.46. The van der Waals surface area contributed by atoms with E-state index in [-0.39, 0.29) is 0 Å². The third-order valence-electron chi connectivity index (χ3n) is 4.33. The largest absolute Gasteiger partial charge is 0.515 e. The molecule has 31 heavy (non-hydrogen) atoms. The summed E-state index contributed by atoms with van der Waals surface area (Å²) < 4.78 is 10.6. The Balaban J connectivity index is 1.85. The van der Waals surface area contributed by atoms with E-state index in [0.717, 1.165) is 28.5 Å². The summed E-state index contributed by atoms with van der Waals surface area (Å²) in [6.07, 6.45) is -0.0817. The topological polar surface area (TPSA) is 96.9 Å². The summed E-state index contributed by atoms with van der Waals surface area (Å²) in [4.78, 5) is 24.2. The molecular formula is C24H28N2O5. The highest BCUT2D eigenvalue weighted by atomic mass is 16.6. The first-order valence-electron chi connectivity index (χ1n) is 10.00. The van der Waals surface area contributed by atoms with Crippen molar-refractivity contribution in [3.05, 3.63) is 53.8 Å². The van der Waals surface area contributed by atoms with E-state index in [1.54, 1.807) is 65.8 Å². The number of amides is 2. The normalized spacial score (nSPS) is 12.5. The number of fused-ring (bicyclic) bond motifs is 3. The number of ether oxygens (including phenoxy) is 2. The van der Waals surface area contributed by atoms with Crippen LogP contribution < -0.4 is 10.6 Å². The molecule has 2 amide bonds. The lowest BCUT2D eigenvalue weighted by Gasteiger charge is -2.20. The summed E-state index contributed by atoms with van der Waals surface area (Å²) in [5, 5.41) is 15.4. The zero-order valence-corrected chi connectivity index (χ0v) is 18.6. The number of aliphatic hydroxyl groups excluding tert-OH is 1. The van der Waals surface area contributed by atoms with Crippen LogP contribution in [-0.2, 0) is 9.47 Å². The summed E-state index contributed by atoms with van der Waals surface area (Å²) >= 11 is 0. The number of rotatable bonds is 2. The highest BCUT2D eigenvalue weighted by molar-refractivity contribution is 6.03. The molecule has 0 atom stereocenters. The summed E-state index contributed by atoms with van der Waals surface area (Å²) in [6.45, 7) is 10.8. The van der Waals surface area contributed by atoms with Crippen LogP contribution in [0.25, 0.3) is 16.7 Å². The lowest BCUT2D eigenvalue weighted by Crippen LogP contribution is -2.27. The predicted octanol–water partition coefficient (Wildman–Crippen LogP) is 6.31. The van der Waals surface area contributed by atoms with Gasteiger partial charge in [-0.1, -0.05) is 12.1 Å². The van der Waals surface area contributed by atoms with Gasteiger partial charge >= 0.3 is 12.2 Å². The molecule has 3 rings (SSSR count). The van der Waals surface area contributed by atoms with Crippen LogP contribution in [0.1, 0.15) is 52.7 Å². The lowest BCUT2D eigenvalue weighted by atomic mass is 10.1. The number of benzene rings is 2. The Morgan fingerprint density at radius 2 is 1.13 bits per heavy atom. The first-order chi connectivity index (χ1) is 14.4. The maximum atomic E-state index is 12.1. The van der Waals surface area contributed by atoms with Gasteiger partial charge in [-0.05, 0) is 88.1 Å². The van der Waals surface area contributed by atoms with E-state index in [1.807, 2.05) is 12.1 Å². The van der Waals surface area contributed by atoms with Gasteiger partial charge in [-0.2, -0.15) is 0 Å². The molecule has 0 aliphatic heterocycles. The average Bonchev–Trinajstić information content (AvgIpc) is 2.90. The zero-order chi connectivity index (χ0) is 23.0. The standard InChI is InChI=1S/C24H28N2O5/c1-23(2,3)30-21(28)25-14-7-9-16-17-10-8-15(26-22(29)31-24(4,5)6)12-19(17)20(13-27)18(16)11-14/h7-13,27H,1-6H3,(H,25,28)(H,26,29). The van der Waals surface area contributed by atoms with Crippen LogP contribution >= 0.6 is 0 Å². The number of nitrogens with one attached hydrogen (secondary N) is 2. The maximum absolute atomic E-state index is 12.1. The lowest BCUT2D eigenvalue weighted by molar-refractivity contribution is 0.0624. The maximum Gasteiger partial charge on any atom is 0.412 e. The predicted molar refractivity (Wildman–Crippen MR) is 121 cm³/mol. The van der Waals surface area contributed by atoms with E-state index >= 15 is 0 Å². The third kappa shape index (κ3) is 5.36. The van der Waals surface area contributed by atoms with E-state index in [1.165, 1.54) is 0 Å². The Kier molecular flexibility index (Phi) is 5.72. The van der Waals surface area contributed by atoms with Crippen molar-refractivity contribution in [2.75, 3.05) is 10.6 Å². The van der Waals surface area contributed by atoms with Gasteiger partial charge in [0.1, 0.15) is 11.2 Å². The molecular weight excluding hydrogens is 396 g/mol. The zero-order valence-electron chi connectivity index (χ0n) is 18.6. The first-order valence-corrected chi connectivity index (χ1v) is 10.00. The second-order valence-electron chi connectivity index (χ2n) is 9.32. The number of carbonyl (C=O) groups excluding carboxylic acids is 2. The van der Waals surface area contributed by atoms with E-state index in [9.17, 15) is 14.7 Å². The second-order valence-corrected chi connectivity index (χ2v) is 9.32. The molecule has 0 aromatic heterocycles. The Labute approximate surface area is 182 Å². The Morgan fingerprint density at radius 3 is 1.45 bits per heavy atom. The molecule has 0 unspecified atom stereocenters. The third-order valence-corrected chi connectivity index (χ3v) is 4.33. The minimum Gasteiger partial charge on any atom is -0.515 e. The molecule has 0 fully saturated rings. The monoisotopic (exact) mass is 424 g/mol. The molecule has 3 N–H and O–H groups in total. The van der Waals surface area contributed by atoms with Crippen LogP contribution in [0.2, 0.25) is 0 Å². The van der Waals surface area contributed by atoms with Crippen molar-refractivity contribution in [2.45, 2.75) is 52.7 Å². The molecule has 7 heteroatoms. The smallest absolute Gasteiger partial charge is 0.412 e. The van der Waals surface area contributed by atoms with Gasteiger partial charge in [0, 0.05) is 16.9 Å². The van der Waals surface area contributed by atoms with Crippen molar-refractivity contribution in [3.8, 4) is 11.1 Å². The van der Waals surface area contributed by atoms with Gasteiger partial charge in [0.25, 0.3) is 0 Å². The number of carbonyl (C=O) groups is 2. The summed E-state index contributed by atoms with van der Waals surface area (Å²) in [5.74, 6) is 0. The molecule has 2 aromatic rings. The van der Waals surface area contributed by atoms with Crippen molar-refractivity contribution in [1.29, 1.82) is 0 Å². The molecule has 2 aromatic carbocycles. The van der Waals surface area contributed by atoms with Gasteiger partial charge in [-0.3, -0.25) is 10.6 Å². The number of aliphatic hydroxyl groups is 1. The average molecular weight is 424 g/mol. The SMILES string of the molecule is CC(C)(C)OC(=O)Nc1ccc2c(c1)C(=CO)c1cc(NC(=O)OC(C)(C)C)ccc1-2. The molecule has 0 saturated carbocycles. The van der Waals surface area contributed by atoms with Crippen molar-refractivity contribution >= 4 is 29.1 Å². The van der Waals surface area contributed by atoms with Crippen LogP contribution in [-0.4, -0.2) is 28.5 Å². The molecule has 0 heterocycles. The molecule has 164 valence electrons. The number of hydrogen-bond donors (Lipinski definition) is 3. The molecule has 1 aliphatic rings. The molecule has 1 aliphatic carbocycles. The van der Waals surface area contributed by atoms with Crippen LogP contribution in [0, 0.1) is 0 Å². The summed E-state index contributed by atoms with van der Waals surface area (Å²) in [7, 11) is 0. The fourth-order valence-electron chi connectivity index (χ4n) is 3.29. The van der Waals surface area contributed by atoms with Gasteiger partial charge < -0.3 is 14.6 Å². The highest BCUT2D eigenvalue weighted by Gasteiger charge is 2.26. The van der Waals surface area contributed by atoms with Crippen molar-refractivity contribution < 1.29 is 24.2 Å². The quantitative estimate of drug-likeness (QED) is 0.419. The van der Waals surface area contributed by atoms with E-state index < -0.39 is 23.4 Å². The molecule has 7 nitrogen and oxygen atoms in total. The molecule has 0 spiro atoms. The van der Waals surface area contributed by atoms with Gasteiger partial charge in [-0.25, -0.2) is 9.59 Å². The minimum absolute atomic E-state index is 0.548. The molecule has 0 bridgehead atoms. The number of anilines is 2. The minimum atomic E-state index is -0.606. The van der Waals surface area contributed by atoms with Crippen molar-refractivity contribution in [2.24, 2.45) is 0 Å². The Morgan fingerprint density at radius 1 is 0.742 bits per heavy atom. The summed E-state index contributed by atoms with van der Waals surface area (Å²) in [5.41, 5.74) is 3.82. The van der Waals surface area contributed by atoms with Crippen LogP contribution in [0.15, 0.2) is 42.7 Å².